The molecule has 0 saturated heterocycles. The molecule has 0 radical (unpaired) electrons. The number of hydrogen-bond acceptors (Lipinski definition) is 6. The number of hydrogen-bond donors (Lipinski definition) is 1. The van der Waals surface area contributed by atoms with Crippen LogP contribution in [-0.4, -0.2) is 36.3 Å². The molecule has 3 aromatic heterocycles. The van der Waals surface area contributed by atoms with Crippen LogP contribution in [0.15, 0.2) is 79.3 Å². The number of nitrogens with one attached hydrogen (secondary N) is 1. The van der Waals surface area contributed by atoms with Crippen LogP contribution in [0.4, 0.5) is 5.95 Å². The lowest BCUT2D eigenvalue weighted by Gasteiger charge is -2.08. The molecule has 0 aliphatic carbocycles. The predicted octanol–water partition coefficient (Wildman–Crippen LogP) is 4.58. The second-order valence-corrected chi connectivity index (χ2v) is 7.35. The predicted molar refractivity (Wildman–Crippen MR) is 121 cm³/mol. The van der Waals surface area contributed by atoms with Crippen LogP contribution in [0.1, 0.15) is 5.56 Å². The first kappa shape index (κ1) is 19.1. The Bertz CT molecular complexity index is 1320. The van der Waals surface area contributed by atoms with Gasteiger partial charge >= 0.3 is 0 Å². The lowest BCUT2D eigenvalue weighted by atomic mass is 10.1. The summed E-state index contributed by atoms with van der Waals surface area (Å²) < 4.78 is 1.94. The van der Waals surface area contributed by atoms with Gasteiger partial charge in [0.2, 0.25) is 5.95 Å². The van der Waals surface area contributed by atoms with Crippen molar-refractivity contribution in [3.63, 3.8) is 0 Å². The lowest BCUT2D eigenvalue weighted by molar-refractivity contribution is 0.953. The fourth-order valence-electron chi connectivity index (χ4n) is 3.36. The first-order valence-electron chi connectivity index (χ1n) is 9.84. The summed E-state index contributed by atoms with van der Waals surface area (Å²) in [5.74, 6) is 1.34. The van der Waals surface area contributed by atoms with E-state index in [0.717, 1.165) is 41.1 Å². The monoisotopic (exact) mass is 427 g/mol. The van der Waals surface area contributed by atoms with Crippen LogP contribution in [0.5, 0.6) is 0 Å². The molecule has 0 atom stereocenters. The molecule has 2 aromatic carbocycles. The van der Waals surface area contributed by atoms with Gasteiger partial charge in [-0.2, -0.15) is 4.98 Å². The molecule has 8 heteroatoms. The second kappa shape index (κ2) is 8.49. The maximum Gasteiger partial charge on any atom is 0.224 e. The molecule has 0 aliphatic rings. The summed E-state index contributed by atoms with van der Waals surface area (Å²) in [5.41, 5.74) is 4.72. The lowest BCUT2D eigenvalue weighted by Crippen LogP contribution is -2.09. The van der Waals surface area contributed by atoms with Crippen molar-refractivity contribution < 1.29 is 0 Å². The third kappa shape index (κ3) is 4.22. The third-order valence-electron chi connectivity index (χ3n) is 4.90. The smallest absolute Gasteiger partial charge is 0.224 e. The van der Waals surface area contributed by atoms with E-state index in [0.29, 0.717) is 11.1 Å². The average Bonchev–Trinajstić information content (AvgIpc) is 3.24. The molecule has 0 amide bonds. The van der Waals surface area contributed by atoms with Crippen LogP contribution in [0.3, 0.4) is 0 Å². The van der Waals surface area contributed by atoms with Crippen LogP contribution >= 0.6 is 11.6 Å². The standard InChI is InChI=1S/C23H18ClN7/c24-21-9-7-18(29-30-21)17-6-8-20-19(14-17)27-15-31(20)22-11-13-26-23(28-22)25-12-10-16-4-2-1-3-5-16/h1-9,11,13-15H,10,12H2,(H,25,26,28). The van der Waals surface area contributed by atoms with Crippen molar-refractivity contribution in [1.82, 2.24) is 29.7 Å². The normalized spacial score (nSPS) is 11.0. The minimum Gasteiger partial charge on any atom is -0.354 e. The van der Waals surface area contributed by atoms with Crippen molar-refractivity contribution >= 4 is 28.6 Å². The number of rotatable bonds is 6. The molecule has 3 heterocycles. The van der Waals surface area contributed by atoms with E-state index in [1.807, 2.05) is 53.1 Å². The number of halogens is 1. The van der Waals surface area contributed by atoms with Crippen molar-refractivity contribution in [2.45, 2.75) is 6.42 Å². The number of imidazole rings is 1. The van der Waals surface area contributed by atoms with Gasteiger partial charge in [0.15, 0.2) is 5.15 Å². The van der Waals surface area contributed by atoms with Crippen molar-refractivity contribution in [3.8, 4) is 17.1 Å². The van der Waals surface area contributed by atoms with Crippen LogP contribution in [0.25, 0.3) is 28.1 Å². The molecule has 0 aliphatic heterocycles. The zero-order valence-corrected chi connectivity index (χ0v) is 17.2. The van der Waals surface area contributed by atoms with E-state index >= 15 is 0 Å². The zero-order chi connectivity index (χ0) is 21.0. The topological polar surface area (TPSA) is 81.4 Å². The maximum absolute atomic E-state index is 5.83. The number of benzene rings is 2. The van der Waals surface area contributed by atoms with E-state index in [2.05, 4.69) is 42.6 Å². The van der Waals surface area contributed by atoms with Crippen LogP contribution < -0.4 is 5.32 Å². The minimum atomic E-state index is 0.367. The molecule has 1 N–H and O–H groups in total. The van der Waals surface area contributed by atoms with Gasteiger partial charge < -0.3 is 5.32 Å². The quantitative estimate of drug-likeness (QED) is 0.427. The van der Waals surface area contributed by atoms with Crippen molar-refractivity contribution in [2.75, 3.05) is 11.9 Å². The second-order valence-electron chi connectivity index (χ2n) is 6.96. The van der Waals surface area contributed by atoms with E-state index in [-0.39, 0.29) is 0 Å². The van der Waals surface area contributed by atoms with Gasteiger partial charge in [0.05, 0.1) is 16.7 Å². The molecule has 152 valence electrons. The van der Waals surface area contributed by atoms with Crippen molar-refractivity contribution in [1.29, 1.82) is 0 Å². The summed E-state index contributed by atoms with van der Waals surface area (Å²) in [6.45, 7) is 0.754. The molecule has 7 nitrogen and oxygen atoms in total. The Morgan fingerprint density at radius 2 is 1.81 bits per heavy atom. The maximum atomic E-state index is 5.83. The Hall–Kier alpha value is -3.84. The first-order valence-corrected chi connectivity index (χ1v) is 10.2. The number of nitrogens with zero attached hydrogens (tertiary/aromatic N) is 6. The summed E-state index contributed by atoms with van der Waals surface area (Å²) in [6.07, 6.45) is 4.41. The number of aromatic nitrogens is 6. The molecule has 31 heavy (non-hydrogen) atoms. The largest absolute Gasteiger partial charge is 0.354 e. The van der Waals surface area contributed by atoms with Gasteiger partial charge in [0, 0.05) is 18.3 Å². The fourth-order valence-corrected chi connectivity index (χ4v) is 3.46. The summed E-state index contributed by atoms with van der Waals surface area (Å²) in [7, 11) is 0. The van der Waals surface area contributed by atoms with Crippen LogP contribution in [0.2, 0.25) is 5.15 Å². The zero-order valence-electron chi connectivity index (χ0n) is 16.5. The Kier molecular flexibility index (Phi) is 5.24. The van der Waals surface area contributed by atoms with Gasteiger partial charge in [-0.05, 0) is 42.3 Å². The summed E-state index contributed by atoms with van der Waals surface area (Å²) in [5, 5.41) is 11.7. The highest BCUT2D eigenvalue weighted by molar-refractivity contribution is 6.29. The van der Waals surface area contributed by atoms with Crippen molar-refractivity contribution in [2.24, 2.45) is 0 Å². The van der Waals surface area contributed by atoms with Gasteiger partial charge in [-0.3, -0.25) is 4.57 Å². The van der Waals surface area contributed by atoms with Gasteiger partial charge in [-0.25, -0.2) is 9.97 Å². The molecule has 0 unspecified atom stereocenters. The minimum absolute atomic E-state index is 0.367. The first-order chi connectivity index (χ1) is 15.3. The van der Waals surface area contributed by atoms with Crippen molar-refractivity contribution in [3.05, 3.63) is 90.0 Å². The summed E-state index contributed by atoms with van der Waals surface area (Å²) in [4.78, 5) is 13.5. The molecule has 0 spiro atoms. The van der Waals surface area contributed by atoms with Crippen LogP contribution in [-0.2, 0) is 6.42 Å². The Balaban J connectivity index is 1.36. The SMILES string of the molecule is Clc1ccc(-c2ccc3c(c2)ncn3-c2ccnc(NCCc3ccccc3)n2)nn1. The average molecular weight is 428 g/mol. The van der Waals surface area contributed by atoms with E-state index in [4.69, 9.17) is 11.6 Å². The van der Waals surface area contributed by atoms with E-state index < -0.39 is 0 Å². The van der Waals surface area contributed by atoms with E-state index in [1.54, 1.807) is 18.6 Å². The van der Waals surface area contributed by atoms with Gasteiger partial charge in [0.25, 0.3) is 0 Å². The molecule has 0 saturated carbocycles. The Labute approximate surface area is 183 Å². The van der Waals surface area contributed by atoms with Gasteiger partial charge in [0.1, 0.15) is 12.1 Å². The molecular formula is C23H18ClN7. The molecule has 5 aromatic rings. The molecule has 0 fully saturated rings. The fraction of sp³-hybridized carbons (Fsp3) is 0.0870. The molecule has 5 rings (SSSR count). The highest BCUT2D eigenvalue weighted by Gasteiger charge is 2.09. The van der Waals surface area contributed by atoms with E-state index in [9.17, 15) is 0 Å². The van der Waals surface area contributed by atoms with Gasteiger partial charge in [-0.15, -0.1) is 10.2 Å². The Morgan fingerprint density at radius 3 is 2.65 bits per heavy atom. The highest BCUT2D eigenvalue weighted by Crippen LogP contribution is 2.24. The molecular weight excluding hydrogens is 410 g/mol. The molecule has 0 bridgehead atoms. The Morgan fingerprint density at radius 1 is 0.903 bits per heavy atom. The summed E-state index contributed by atoms with van der Waals surface area (Å²) >= 11 is 5.83. The van der Waals surface area contributed by atoms with Crippen LogP contribution in [0, 0.1) is 0 Å². The van der Waals surface area contributed by atoms with Gasteiger partial charge in [-0.1, -0.05) is 48.0 Å². The highest BCUT2D eigenvalue weighted by atomic mass is 35.5. The number of fused-ring (bicyclic) bond motifs is 1. The summed E-state index contributed by atoms with van der Waals surface area (Å²) in [6, 6.07) is 21.7. The van der Waals surface area contributed by atoms with E-state index in [1.165, 1.54) is 5.56 Å². The number of anilines is 1. The third-order valence-corrected chi connectivity index (χ3v) is 5.10.